The molecule has 2 rings (SSSR count). The average Bonchev–Trinajstić information content (AvgIpc) is 2.63. The van der Waals surface area contributed by atoms with Crippen LogP contribution in [0.15, 0.2) is 20.1 Å². The molecule has 0 atom stereocenters. The predicted molar refractivity (Wildman–Crippen MR) is 81.3 cm³/mol. The Bertz CT molecular complexity index is 359. The number of halogens is 1. The molecule has 0 amide bonds. The number of thioether (sulfide) groups is 1. The van der Waals surface area contributed by atoms with E-state index in [1.807, 2.05) is 23.1 Å². The monoisotopic (exact) mass is 334 g/mol. The summed E-state index contributed by atoms with van der Waals surface area (Å²) in [5.41, 5.74) is 0. The van der Waals surface area contributed by atoms with E-state index in [0.717, 1.165) is 19.6 Å². The zero-order chi connectivity index (χ0) is 12.3. The summed E-state index contributed by atoms with van der Waals surface area (Å²) in [5, 5.41) is 3.40. The molecule has 0 unspecified atom stereocenters. The first-order chi connectivity index (χ1) is 8.05. The van der Waals surface area contributed by atoms with Crippen molar-refractivity contribution in [3.8, 4) is 0 Å². The average molecular weight is 335 g/mol. The molecule has 0 spiro atoms. The maximum absolute atomic E-state index is 3.52. The fourth-order valence-electron chi connectivity index (χ4n) is 2.06. The summed E-state index contributed by atoms with van der Waals surface area (Å²) in [5.74, 6) is 0. The molecule has 1 saturated heterocycles. The molecule has 1 fully saturated rings. The highest BCUT2D eigenvalue weighted by atomic mass is 79.9. The Balaban J connectivity index is 1.88. The van der Waals surface area contributed by atoms with Crippen molar-refractivity contribution in [1.29, 1.82) is 0 Å². The zero-order valence-corrected chi connectivity index (χ0v) is 13.6. The van der Waals surface area contributed by atoms with Gasteiger partial charge < -0.3 is 5.32 Å². The molecule has 96 valence electrons. The lowest BCUT2D eigenvalue weighted by Crippen LogP contribution is -2.47. The number of hydrogen-bond donors (Lipinski definition) is 1. The highest BCUT2D eigenvalue weighted by molar-refractivity contribution is 9.11. The molecule has 1 aromatic rings. The van der Waals surface area contributed by atoms with E-state index in [4.69, 9.17) is 0 Å². The van der Waals surface area contributed by atoms with Crippen molar-refractivity contribution in [2.45, 2.75) is 22.8 Å². The molecule has 1 N–H and O–H groups in total. The van der Waals surface area contributed by atoms with Crippen LogP contribution < -0.4 is 5.32 Å². The quantitative estimate of drug-likeness (QED) is 0.850. The molecular formula is C12H19BrN2S2. The van der Waals surface area contributed by atoms with Crippen molar-refractivity contribution in [2.24, 2.45) is 0 Å². The van der Waals surface area contributed by atoms with Gasteiger partial charge in [-0.05, 0) is 41.9 Å². The third-order valence-electron chi connectivity index (χ3n) is 2.74. The van der Waals surface area contributed by atoms with E-state index in [-0.39, 0.29) is 4.75 Å². The van der Waals surface area contributed by atoms with Gasteiger partial charge in [0.1, 0.15) is 0 Å². The van der Waals surface area contributed by atoms with E-state index >= 15 is 0 Å². The van der Waals surface area contributed by atoms with Crippen molar-refractivity contribution < 1.29 is 0 Å². The van der Waals surface area contributed by atoms with Crippen molar-refractivity contribution in [2.75, 3.05) is 32.7 Å². The Morgan fingerprint density at radius 2 is 2.12 bits per heavy atom. The molecule has 0 bridgehead atoms. The Morgan fingerprint density at radius 1 is 1.41 bits per heavy atom. The molecule has 1 aliphatic heterocycles. The number of nitrogens with zero attached hydrogens (tertiary/aromatic N) is 1. The highest BCUT2D eigenvalue weighted by Crippen LogP contribution is 2.38. The molecule has 17 heavy (non-hydrogen) atoms. The molecule has 0 aromatic carbocycles. The van der Waals surface area contributed by atoms with Crippen LogP contribution in [0.3, 0.4) is 0 Å². The maximum Gasteiger partial charge on any atom is 0.0710 e. The van der Waals surface area contributed by atoms with Gasteiger partial charge in [-0.1, -0.05) is 0 Å². The van der Waals surface area contributed by atoms with Gasteiger partial charge in [-0.25, -0.2) is 0 Å². The standard InChI is InChI=1S/C12H19BrN2S2/c1-12(2,9-15-7-5-14-6-8-15)17-11-4-3-10(13)16-11/h3-4,14H,5-9H2,1-2H3. The number of thiophene rings is 1. The maximum atomic E-state index is 3.52. The number of piperazine rings is 1. The summed E-state index contributed by atoms with van der Waals surface area (Å²) in [4.78, 5) is 2.56. The molecule has 1 aromatic heterocycles. The third-order valence-corrected chi connectivity index (χ3v) is 5.68. The van der Waals surface area contributed by atoms with Crippen LogP contribution in [0, 0.1) is 0 Å². The summed E-state index contributed by atoms with van der Waals surface area (Å²) < 4.78 is 2.90. The predicted octanol–water partition coefficient (Wildman–Crippen LogP) is 3.29. The van der Waals surface area contributed by atoms with Gasteiger partial charge in [0.15, 0.2) is 0 Å². The Hall–Kier alpha value is 0.450. The van der Waals surface area contributed by atoms with Crippen LogP contribution in [-0.2, 0) is 0 Å². The Morgan fingerprint density at radius 3 is 2.71 bits per heavy atom. The van der Waals surface area contributed by atoms with Gasteiger partial charge in [0, 0.05) is 37.5 Å². The van der Waals surface area contributed by atoms with E-state index in [9.17, 15) is 0 Å². The van der Waals surface area contributed by atoms with Crippen LogP contribution in [0.2, 0.25) is 0 Å². The Labute approximate surface area is 120 Å². The summed E-state index contributed by atoms with van der Waals surface area (Å²) in [7, 11) is 0. The lowest BCUT2D eigenvalue weighted by Gasteiger charge is -2.34. The van der Waals surface area contributed by atoms with Gasteiger partial charge in [-0.3, -0.25) is 4.90 Å². The number of nitrogens with one attached hydrogen (secondary N) is 1. The minimum atomic E-state index is 0.279. The van der Waals surface area contributed by atoms with E-state index in [0.29, 0.717) is 0 Å². The topological polar surface area (TPSA) is 15.3 Å². The second-order valence-corrected chi connectivity index (χ2v) is 9.42. The SMILES string of the molecule is CC(C)(CN1CCNCC1)Sc1ccc(Br)s1. The minimum absolute atomic E-state index is 0.279. The van der Waals surface area contributed by atoms with Crippen molar-refractivity contribution >= 4 is 39.0 Å². The first-order valence-electron chi connectivity index (χ1n) is 5.93. The lowest BCUT2D eigenvalue weighted by atomic mass is 10.2. The van der Waals surface area contributed by atoms with Gasteiger partial charge in [0.05, 0.1) is 8.00 Å². The number of rotatable bonds is 4. The van der Waals surface area contributed by atoms with Crippen LogP contribution >= 0.6 is 39.0 Å². The summed E-state index contributed by atoms with van der Waals surface area (Å²) in [6.07, 6.45) is 0. The molecule has 0 aliphatic carbocycles. The van der Waals surface area contributed by atoms with E-state index < -0.39 is 0 Å². The highest BCUT2D eigenvalue weighted by Gasteiger charge is 2.24. The zero-order valence-electron chi connectivity index (χ0n) is 10.3. The van der Waals surface area contributed by atoms with Gasteiger partial charge in [0.25, 0.3) is 0 Å². The molecule has 5 heteroatoms. The first kappa shape index (κ1) is 13.9. The normalized spacial score (nSPS) is 18.5. The fraction of sp³-hybridized carbons (Fsp3) is 0.667. The van der Waals surface area contributed by atoms with Gasteiger partial charge in [-0.15, -0.1) is 23.1 Å². The molecule has 0 saturated carbocycles. The second-order valence-electron chi connectivity index (χ2n) is 4.95. The lowest BCUT2D eigenvalue weighted by molar-refractivity contribution is 0.226. The van der Waals surface area contributed by atoms with Crippen molar-refractivity contribution in [1.82, 2.24) is 10.2 Å². The van der Waals surface area contributed by atoms with Gasteiger partial charge in [-0.2, -0.15) is 0 Å². The van der Waals surface area contributed by atoms with Crippen LogP contribution in [0.4, 0.5) is 0 Å². The van der Waals surface area contributed by atoms with E-state index in [2.05, 4.69) is 52.1 Å². The molecule has 2 heterocycles. The van der Waals surface area contributed by atoms with Crippen LogP contribution in [0.1, 0.15) is 13.8 Å². The molecule has 0 radical (unpaired) electrons. The van der Waals surface area contributed by atoms with E-state index in [1.54, 1.807) is 0 Å². The van der Waals surface area contributed by atoms with Gasteiger partial charge in [0.2, 0.25) is 0 Å². The van der Waals surface area contributed by atoms with Crippen LogP contribution in [-0.4, -0.2) is 42.4 Å². The largest absolute Gasteiger partial charge is 0.314 e. The molecule has 1 aliphatic rings. The Kier molecular flexibility index (Phi) is 4.95. The minimum Gasteiger partial charge on any atom is -0.314 e. The second kappa shape index (κ2) is 6.06. The first-order valence-corrected chi connectivity index (χ1v) is 8.35. The molecular weight excluding hydrogens is 316 g/mol. The van der Waals surface area contributed by atoms with Crippen molar-refractivity contribution in [3.63, 3.8) is 0 Å². The van der Waals surface area contributed by atoms with Crippen LogP contribution in [0.5, 0.6) is 0 Å². The number of hydrogen-bond acceptors (Lipinski definition) is 4. The van der Waals surface area contributed by atoms with E-state index in [1.165, 1.54) is 21.1 Å². The van der Waals surface area contributed by atoms with Crippen LogP contribution in [0.25, 0.3) is 0 Å². The fourth-order valence-corrected chi connectivity index (χ4v) is 5.55. The van der Waals surface area contributed by atoms with Gasteiger partial charge >= 0.3 is 0 Å². The third kappa shape index (κ3) is 4.56. The summed E-state index contributed by atoms with van der Waals surface area (Å²) in [6.45, 7) is 10.5. The summed E-state index contributed by atoms with van der Waals surface area (Å²) >= 11 is 7.34. The van der Waals surface area contributed by atoms with Crippen molar-refractivity contribution in [3.05, 3.63) is 15.9 Å². The summed E-state index contributed by atoms with van der Waals surface area (Å²) in [6, 6.07) is 4.34. The smallest absolute Gasteiger partial charge is 0.0710 e. The molecule has 2 nitrogen and oxygen atoms in total.